The molecule has 0 unspecified atom stereocenters. The predicted molar refractivity (Wildman–Crippen MR) is 62.6 cm³/mol. The number of hydrogen-bond donors (Lipinski definition) is 2. The van der Waals surface area contributed by atoms with Crippen LogP contribution < -0.4 is 10.0 Å². The van der Waals surface area contributed by atoms with E-state index < -0.39 is 10.0 Å². The lowest BCUT2D eigenvalue weighted by atomic mass is 10.3. The van der Waals surface area contributed by atoms with E-state index in [0.29, 0.717) is 19.6 Å². The Morgan fingerprint density at radius 2 is 2.19 bits per heavy atom. The van der Waals surface area contributed by atoms with Crippen LogP contribution in [0.4, 0.5) is 0 Å². The molecule has 1 rings (SSSR count). The van der Waals surface area contributed by atoms with Crippen molar-refractivity contribution in [2.75, 3.05) is 18.8 Å². The van der Waals surface area contributed by atoms with Gasteiger partial charge >= 0.3 is 0 Å². The molecule has 0 aliphatic carbocycles. The zero-order chi connectivity index (χ0) is 12.0. The van der Waals surface area contributed by atoms with Gasteiger partial charge in [0, 0.05) is 13.1 Å². The standard InChI is InChI=1S/C10H18N2O3S/c1-3-12-16(13,14)7-5-11-8-10-9(2)4-6-15-10/h4,6,11-12H,3,5,7-8H2,1-2H3. The molecule has 92 valence electrons. The van der Waals surface area contributed by atoms with Crippen LogP contribution in [0.25, 0.3) is 0 Å². The first-order valence-electron chi connectivity index (χ1n) is 5.26. The summed E-state index contributed by atoms with van der Waals surface area (Å²) in [5.41, 5.74) is 1.07. The van der Waals surface area contributed by atoms with Gasteiger partial charge in [-0.3, -0.25) is 0 Å². The normalized spacial score (nSPS) is 11.9. The number of furan rings is 1. The SMILES string of the molecule is CCNS(=O)(=O)CCNCc1occc1C. The van der Waals surface area contributed by atoms with Crippen molar-refractivity contribution in [1.29, 1.82) is 0 Å². The van der Waals surface area contributed by atoms with E-state index in [1.54, 1.807) is 13.2 Å². The summed E-state index contributed by atoms with van der Waals surface area (Å²) in [4.78, 5) is 0. The van der Waals surface area contributed by atoms with Crippen molar-refractivity contribution in [1.82, 2.24) is 10.0 Å². The van der Waals surface area contributed by atoms with Crippen LogP contribution in [0.15, 0.2) is 16.7 Å². The Bertz CT molecular complexity index is 411. The lowest BCUT2D eigenvalue weighted by Crippen LogP contribution is -2.31. The molecule has 0 amide bonds. The average Bonchev–Trinajstić information content (AvgIpc) is 2.59. The maximum atomic E-state index is 11.3. The van der Waals surface area contributed by atoms with Crippen LogP contribution in [0.2, 0.25) is 0 Å². The molecular weight excluding hydrogens is 228 g/mol. The molecule has 2 N–H and O–H groups in total. The van der Waals surface area contributed by atoms with Gasteiger partial charge in [0.15, 0.2) is 0 Å². The second-order valence-corrected chi connectivity index (χ2v) is 5.45. The number of sulfonamides is 1. The molecule has 0 spiro atoms. The minimum Gasteiger partial charge on any atom is -0.468 e. The van der Waals surface area contributed by atoms with Gasteiger partial charge in [-0.15, -0.1) is 0 Å². The van der Waals surface area contributed by atoms with Crippen LogP contribution in [0, 0.1) is 6.92 Å². The van der Waals surface area contributed by atoms with Gasteiger partial charge in [-0.05, 0) is 18.6 Å². The second-order valence-electron chi connectivity index (χ2n) is 3.52. The molecule has 0 saturated heterocycles. The van der Waals surface area contributed by atoms with Gasteiger partial charge in [-0.2, -0.15) is 0 Å². The molecular formula is C10H18N2O3S. The molecule has 0 aromatic carbocycles. The van der Waals surface area contributed by atoms with Crippen LogP contribution in [0.1, 0.15) is 18.2 Å². The minimum absolute atomic E-state index is 0.0839. The highest BCUT2D eigenvalue weighted by molar-refractivity contribution is 7.89. The highest BCUT2D eigenvalue weighted by atomic mass is 32.2. The fourth-order valence-corrected chi connectivity index (χ4v) is 2.28. The summed E-state index contributed by atoms with van der Waals surface area (Å²) in [6.07, 6.45) is 1.63. The zero-order valence-corrected chi connectivity index (χ0v) is 10.4. The Labute approximate surface area is 96.3 Å². The summed E-state index contributed by atoms with van der Waals surface area (Å²) < 4.78 is 30.2. The van der Waals surface area contributed by atoms with Gasteiger partial charge in [0.25, 0.3) is 0 Å². The van der Waals surface area contributed by atoms with Crippen LogP contribution in [-0.4, -0.2) is 27.3 Å². The van der Waals surface area contributed by atoms with Gasteiger partial charge in [0.2, 0.25) is 10.0 Å². The average molecular weight is 246 g/mol. The molecule has 0 atom stereocenters. The first-order valence-corrected chi connectivity index (χ1v) is 6.91. The van der Waals surface area contributed by atoms with Gasteiger partial charge in [-0.25, -0.2) is 13.1 Å². The highest BCUT2D eigenvalue weighted by Gasteiger charge is 2.07. The van der Waals surface area contributed by atoms with E-state index >= 15 is 0 Å². The lowest BCUT2D eigenvalue weighted by Gasteiger charge is -2.05. The lowest BCUT2D eigenvalue weighted by molar-refractivity contribution is 0.484. The molecule has 1 aromatic rings. The van der Waals surface area contributed by atoms with E-state index in [1.165, 1.54) is 0 Å². The van der Waals surface area contributed by atoms with E-state index in [9.17, 15) is 8.42 Å². The number of hydrogen-bond acceptors (Lipinski definition) is 4. The molecule has 6 heteroatoms. The van der Waals surface area contributed by atoms with Gasteiger partial charge in [0.05, 0.1) is 18.6 Å². The van der Waals surface area contributed by atoms with Crippen LogP contribution in [0.5, 0.6) is 0 Å². The molecule has 0 bridgehead atoms. The van der Waals surface area contributed by atoms with E-state index in [1.807, 2.05) is 13.0 Å². The summed E-state index contributed by atoms with van der Waals surface area (Å²) in [6.45, 7) is 5.11. The van der Waals surface area contributed by atoms with Crippen molar-refractivity contribution < 1.29 is 12.8 Å². The third-order valence-corrected chi connectivity index (χ3v) is 3.64. The van der Waals surface area contributed by atoms with Crippen molar-refractivity contribution in [2.45, 2.75) is 20.4 Å². The van der Waals surface area contributed by atoms with E-state index in [2.05, 4.69) is 10.0 Å². The third kappa shape index (κ3) is 4.34. The Kier molecular flexibility index (Phi) is 4.98. The Balaban J connectivity index is 2.25. The molecule has 0 aliphatic heterocycles. The summed E-state index contributed by atoms with van der Waals surface area (Å²) in [5, 5.41) is 3.03. The molecule has 5 nitrogen and oxygen atoms in total. The maximum Gasteiger partial charge on any atom is 0.212 e. The van der Waals surface area contributed by atoms with Crippen LogP contribution in [-0.2, 0) is 16.6 Å². The van der Waals surface area contributed by atoms with Crippen LogP contribution in [0.3, 0.4) is 0 Å². The minimum atomic E-state index is -3.13. The fraction of sp³-hybridized carbons (Fsp3) is 0.600. The first-order chi connectivity index (χ1) is 7.55. The smallest absolute Gasteiger partial charge is 0.212 e. The van der Waals surface area contributed by atoms with Crippen molar-refractivity contribution in [3.63, 3.8) is 0 Å². The monoisotopic (exact) mass is 246 g/mol. The maximum absolute atomic E-state index is 11.3. The molecule has 0 fully saturated rings. The molecule has 16 heavy (non-hydrogen) atoms. The summed E-state index contributed by atoms with van der Waals surface area (Å²) >= 11 is 0. The largest absolute Gasteiger partial charge is 0.468 e. The Morgan fingerprint density at radius 3 is 2.75 bits per heavy atom. The number of nitrogens with one attached hydrogen (secondary N) is 2. The molecule has 1 heterocycles. The highest BCUT2D eigenvalue weighted by Crippen LogP contribution is 2.07. The van der Waals surface area contributed by atoms with E-state index in [-0.39, 0.29) is 5.75 Å². The Hall–Kier alpha value is -0.850. The summed E-state index contributed by atoms with van der Waals surface area (Å²) in [5.74, 6) is 0.932. The number of rotatable bonds is 7. The molecule has 0 aliphatic rings. The quantitative estimate of drug-likeness (QED) is 0.692. The zero-order valence-electron chi connectivity index (χ0n) is 9.62. The summed E-state index contributed by atoms with van der Waals surface area (Å²) in [7, 11) is -3.13. The summed E-state index contributed by atoms with van der Waals surface area (Å²) in [6, 6.07) is 1.88. The first kappa shape index (κ1) is 13.2. The van der Waals surface area contributed by atoms with Crippen molar-refractivity contribution >= 4 is 10.0 Å². The Morgan fingerprint density at radius 1 is 1.44 bits per heavy atom. The van der Waals surface area contributed by atoms with E-state index in [0.717, 1.165) is 11.3 Å². The van der Waals surface area contributed by atoms with Gasteiger partial charge in [-0.1, -0.05) is 6.92 Å². The van der Waals surface area contributed by atoms with Gasteiger partial charge < -0.3 is 9.73 Å². The third-order valence-electron chi connectivity index (χ3n) is 2.17. The van der Waals surface area contributed by atoms with Crippen LogP contribution >= 0.6 is 0 Å². The topological polar surface area (TPSA) is 71.3 Å². The van der Waals surface area contributed by atoms with Crippen molar-refractivity contribution in [3.05, 3.63) is 23.7 Å². The van der Waals surface area contributed by atoms with E-state index in [4.69, 9.17) is 4.42 Å². The van der Waals surface area contributed by atoms with Crippen molar-refractivity contribution in [3.8, 4) is 0 Å². The second kappa shape index (κ2) is 6.03. The predicted octanol–water partition coefficient (Wildman–Crippen LogP) is 0.617. The fourth-order valence-electron chi connectivity index (χ4n) is 1.29. The number of aryl methyl sites for hydroxylation is 1. The van der Waals surface area contributed by atoms with Crippen molar-refractivity contribution in [2.24, 2.45) is 0 Å². The van der Waals surface area contributed by atoms with Gasteiger partial charge in [0.1, 0.15) is 5.76 Å². The molecule has 0 saturated carbocycles. The molecule has 0 radical (unpaired) electrons. The molecule has 1 aromatic heterocycles.